The van der Waals surface area contributed by atoms with Crippen molar-refractivity contribution in [2.45, 2.75) is 13.8 Å². The van der Waals surface area contributed by atoms with Crippen molar-refractivity contribution in [1.29, 1.82) is 0 Å². The molecule has 2 aromatic carbocycles. The molecule has 0 fully saturated rings. The van der Waals surface area contributed by atoms with E-state index in [1.807, 2.05) is 30.3 Å². The number of hydrogen-bond acceptors (Lipinski definition) is 4. The number of fused-ring (bicyclic) bond motifs is 3. The van der Waals surface area contributed by atoms with Gasteiger partial charge in [0.25, 0.3) is 0 Å². The van der Waals surface area contributed by atoms with Gasteiger partial charge in [0.15, 0.2) is 0 Å². The molecule has 0 saturated heterocycles. The molecule has 120 valence electrons. The highest BCUT2D eigenvalue weighted by molar-refractivity contribution is 6.06. The Kier molecular flexibility index (Phi) is 4.63. The molecule has 0 bridgehead atoms. The second-order valence-corrected chi connectivity index (χ2v) is 5.47. The molecule has 4 nitrogen and oxygen atoms in total. The highest BCUT2D eigenvalue weighted by Crippen LogP contribution is 2.29. The van der Waals surface area contributed by atoms with E-state index in [1.54, 1.807) is 12.1 Å². The van der Waals surface area contributed by atoms with Crippen LogP contribution < -0.4 is 0 Å². The molecular weight excluding hydrogens is 290 g/mol. The van der Waals surface area contributed by atoms with E-state index in [0.717, 1.165) is 36.0 Å². The van der Waals surface area contributed by atoms with Gasteiger partial charge in [-0.2, -0.15) is 0 Å². The van der Waals surface area contributed by atoms with Crippen molar-refractivity contribution in [3.63, 3.8) is 0 Å². The number of likely N-dealkylation sites (N-methyl/N-ethyl adjacent to an activating group) is 1. The zero-order chi connectivity index (χ0) is 16.2. The molecular formula is C19H21NO3. The lowest BCUT2D eigenvalue weighted by atomic mass is 10.1. The van der Waals surface area contributed by atoms with Crippen LogP contribution in [-0.2, 0) is 4.74 Å². The summed E-state index contributed by atoms with van der Waals surface area (Å²) in [6, 6.07) is 13.3. The van der Waals surface area contributed by atoms with Crippen LogP contribution in [0.4, 0.5) is 0 Å². The van der Waals surface area contributed by atoms with Crippen molar-refractivity contribution >= 4 is 27.9 Å². The molecule has 3 rings (SSSR count). The standard InChI is InChI=1S/C19H21NO3/c1-3-20(4-2)11-12-22-19(21)14-9-10-16-15-7-5-6-8-17(15)23-18(16)13-14/h5-10,13H,3-4,11-12H2,1-2H3. The summed E-state index contributed by atoms with van der Waals surface area (Å²) in [5.41, 5.74) is 2.06. The van der Waals surface area contributed by atoms with E-state index in [1.165, 1.54) is 0 Å². The summed E-state index contributed by atoms with van der Waals surface area (Å²) in [6.45, 7) is 7.27. The van der Waals surface area contributed by atoms with Gasteiger partial charge in [-0.1, -0.05) is 32.0 Å². The first-order valence-corrected chi connectivity index (χ1v) is 8.03. The second kappa shape index (κ2) is 6.84. The smallest absolute Gasteiger partial charge is 0.338 e. The number of ether oxygens (including phenoxy) is 1. The number of carbonyl (C=O) groups is 1. The van der Waals surface area contributed by atoms with Crippen LogP contribution in [-0.4, -0.2) is 37.1 Å². The molecule has 0 unspecified atom stereocenters. The van der Waals surface area contributed by atoms with Gasteiger partial charge in [0.2, 0.25) is 0 Å². The first-order valence-electron chi connectivity index (χ1n) is 8.03. The maximum Gasteiger partial charge on any atom is 0.338 e. The van der Waals surface area contributed by atoms with Gasteiger partial charge in [-0.3, -0.25) is 0 Å². The first kappa shape index (κ1) is 15.6. The Hall–Kier alpha value is -2.33. The van der Waals surface area contributed by atoms with Crippen LogP contribution in [0, 0.1) is 0 Å². The fourth-order valence-corrected chi connectivity index (χ4v) is 2.74. The largest absolute Gasteiger partial charge is 0.461 e. The summed E-state index contributed by atoms with van der Waals surface area (Å²) in [7, 11) is 0. The molecule has 0 saturated carbocycles. The molecule has 0 aliphatic carbocycles. The summed E-state index contributed by atoms with van der Waals surface area (Å²) < 4.78 is 11.2. The lowest BCUT2D eigenvalue weighted by Gasteiger charge is -2.17. The summed E-state index contributed by atoms with van der Waals surface area (Å²) in [5.74, 6) is -0.306. The lowest BCUT2D eigenvalue weighted by Crippen LogP contribution is -2.27. The molecule has 0 radical (unpaired) electrons. The molecule has 0 aliphatic rings. The van der Waals surface area contributed by atoms with E-state index >= 15 is 0 Å². The quantitative estimate of drug-likeness (QED) is 0.643. The summed E-state index contributed by atoms with van der Waals surface area (Å²) in [6.07, 6.45) is 0. The number of furan rings is 1. The second-order valence-electron chi connectivity index (χ2n) is 5.47. The van der Waals surface area contributed by atoms with Gasteiger partial charge < -0.3 is 14.1 Å². The van der Waals surface area contributed by atoms with Gasteiger partial charge in [-0.05, 0) is 37.4 Å². The Bertz CT molecular complexity index is 818. The highest BCUT2D eigenvalue weighted by atomic mass is 16.5. The number of carbonyl (C=O) groups excluding carboxylic acids is 1. The Morgan fingerprint density at radius 2 is 1.78 bits per heavy atom. The topological polar surface area (TPSA) is 42.7 Å². The van der Waals surface area contributed by atoms with E-state index in [9.17, 15) is 4.79 Å². The molecule has 0 atom stereocenters. The van der Waals surface area contributed by atoms with E-state index in [2.05, 4.69) is 18.7 Å². The predicted molar refractivity (Wildman–Crippen MR) is 91.8 cm³/mol. The molecule has 0 N–H and O–H groups in total. The predicted octanol–water partition coefficient (Wildman–Crippen LogP) is 4.08. The maximum absolute atomic E-state index is 12.2. The van der Waals surface area contributed by atoms with Crippen molar-refractivity contribution in [3.8, 4) is 0 Å². The van der Waals surface area contributed by atoms with E-state index in [4.69, 9.17) is 9.15 Å². The molecule has 3 aromatic rings. The Labute approximate surface area is 135 Å². The fraction of sp³-hybridized carbons (Fsp3) is 0.316. The minimum absolute atomic E-state index is 0.306. The Morgan fingerprint density at radius 1 is 1.04 bits per heavy atom. The van der Waals surface area contributed by atoms with Gasteiger partial charge in [-0.15, -0.1) is 0 Å². The molecule has 4 heteroatoms. The molecule has 23 heavy (non-hydrogen) atoms. The van der Waals surface area contributed by atoms with E-state index in [0.29, 0.717) is 17.8 Å². The monoisotopic (exact) mass is 311 g/mol. The van der Waals surface area contributed by atoms with E-state index in [-0.39, 0.29) is 5.97 Å². The summed E-state index contributed by atoms with van der Waals surface area (Å²) >= 11 is 0. The van der Waals surface area contributed by atoms with Crippen LogP contribution in [0.3, 0.4) is 0 Å². The molecule has 1 aromatic heterocycles. The van der Waals surface area contributed by atoms with Crippen LogP contribution in [0.25, 0.3) is 21.9 Å². The number of para-hydroxylation sites is 1. The normalized spacial score (nSPS) is 11.4. The van der Waals surface area contributed by atoms with E-state index < -0.39 is 0 Å². The van der Waals surface area contributed by atoms with Gasteiger partial charge in [0.1, 0.15) is 17.8 Å². The first-order chi connectivity index (χ1) is 11.2. The average Bonchev–Trinajstić information content (AvgIpc) is 2.96. The van der Waals surface area contributed by atoms with Crippen molar-refractivity contribution in [2.24, 2.45) is 0 Å². The lowest BCUT2D eigenvalue weighted by molar-refractivity contribution is 0.0466. The van der Waals surface area contributed by atoms with Crippen molar-refractivity contribution in [1.82, 2.24) is 4.90 Å². The minimum atomic E-state index is -0.306. The molecule has 1 heterocycles. The van der Waals surface area contributed by atoms with Crippen LogP contribution in [0.1, 0.15) is 24.2 Å². The Balaban J connectivity index is 1.75. The Morgan fingerprint density at radius 3 is 2.57 bits per heavy atom. The number of rotatable bonds is 6. The van der Waals surface area contributed by atoms with Gasteiger partial charge in [-0.25, -0.2) is 4.79 Å². The SMILES string of the molecule is CCN(CC)CCOC(=O)c1ccc2c(c1)oc1ccccc12. The minimum Gasteiger partial charge on any atom is -0.461 e. The number of benzene rings is 2. The zero-order valence-corrected chi connectivity index (χ0v) is 13.5. The number of nitrogens with zero attached hydrogens (tertiary/aromatic N) is 1. The average molecular weight is 311 g/mol. The molecule has 0 amide bonds. The fourth-order valence-electron chi connectivity index (χ4n) is 2.74. The molecule has 0 aliphatic heterocycles. The third-order valence-corrected chi connectivity index (χ3v) is 4.15. The van der Waals surface area contributed by atoms with Crippen LogP contribution in [0.5, 0.6) is 0 Å². The summed E-state index contributed by atoms with van der Waals surface area (Å²) in [5, 5.41) is 2.07. The summed E-state index contributed by atoms with van der Waals surface area (Å²) in [4.78, 5) is 14.4. The third-order valence-electron chi connectivity index (χ3n) is 4.15. The third kappa shape index (κ3) is 3.22. The van der Waals surface area contributed by atoms with Crippen LogP contribution in [0.2, 0.25) is 0 Å². The zero-order valence-electron chi connectivity index (χ0n) is 13.5. The number of esters is 1. The van der Waals surface area contributed by atoms with Crippen molar-refractivity contribution in [2.75, 3.05) is 26.2 Å². The van der Waals surface area contributed by atoms with Gasteiger partial charge >= 0.3 is 5.97 Å². The van der Waals surface area contributed by atoms with Gasteiger partial charge in [0.05, 0.1) is 5.56 Å². The maximum atomic E-state index is 12.2. The molecule has 0 spiro atoms. The van der Waals surface area contributed by atoms with Crippen LogP contribution >= 0.6 is 0 Å². The highest BCUT2D eigenvalue weighted by Gasteiger charge is 2.12. The van der Waals surface area contributed by atoms with Gasteiger partial charge in [0, 0.05) is 17.3 Å². The van der Waals surface area contributed by atoms with Crippen molar-refractivity contribution < 1.29 is 13.9 Å². The van der Waals surface area contributed by atoms with Crippen molar-refractivity contribution in [3.05, 3.63) is 48.0 Å². The number of hydrogen-bond donors (Lipinski definition) is 0. The van der Waals surface area contributed by atoms with Crippen LogP contribution in [0.15, 0.2) is 46.9 Å².